The lowest BCUT2D eigenvalue weighted by molar-refractivity contribution is 0.101. The zero-order valence-electron chi connectivity index (χ0n) is 13.9. The lowest BCUT2D eigenvalue weighted by atomic mass is 10.2. The number of nitrogens with one attached hydrogen (secondary N) is 1. The summed E-state index contributed by atoms with van der Waals surface area (Å²) in [5, 5.41) is 7.25. The fourth-order valence-electron chi connectivity index (χ4n) is 2.28. The van der Waals surface area contributed by atoms with Crippen LogP contribution < -0.4 is 10.1 Å². The van der Waals surface area contributed by atoms with Crippen LogP contribution >= 0.6 is 11.6 Å². The summed E-state index contributed by atoms with van der Waals surface area (Å²) in [5.74, 6) is 0.805. The van der Waals surface area contributed by atoms with Crippen LogP contribution in [0.25, 0.3) is 0 Å². The topological polar surface area (TPSA) is 64.4 Å². The van der Waals surface area contributed by atoms with E-state index in [0.717, 1.165) is 5.56 Å². The molecule has 3 aromatic rings. The largest absolute Gasteiger partial charge is 0.489 e. The summed E-state index contributed by atoms with van der Waals surface area (Å²) in [6, 6.07) is 14.6. The van der Waals surface area contributed by atoms with Gasteiger partial charge in [0, 0.05) is 10.7 Å². The Kier molecular flexibility index (Phi) is 5.05. The van der Waals surface area contributed by atoms with E-state index >= 15 is 0 Å². The fraction of sp³-hybridized carbons (Fsp3) is 0.158. The van der Waals surface area contributed by atoms with Gasteiger partial charge in [-0.1, -0.05) is 40.5 Å². The molecule has 3 rings (SSSR count). The maximum atomic E-state index is 12.5. The van der Waals surface area contributed by atoms with Crippen molar-refractivity contribution in [3.8, 4) is 5.75 Å². The van der Waals surface area contributed by atoms with Gasteiger partial charge in [0.2, 0.25) is 0 Å². The van der Waals surface area contributed by atoms with Gasteiger partial charge in [-0.25, -0.2) is 0 Å². The molecule has 128 valence electrons. The van der Waals surface area contributed by atoms with E-state index in [2.05, 4.69) is 10.5 Å². The van der Waals surface area contributed by atoms with Crippen molar-refractivity contribution in [3.05, 3.63) is 76.1 Å². The Hall–Kier alpha value is -2.79. The van der Waals surface area contributed by atoms with Crippen molar-refractivity contribution in [2.24, 2.45) is 0 Å². The molecule has 0 spiro atoms. The van der Waals surface area contributed by atoms with Crippen molar-refractivity contribution in [3.63, 3.8) is 0 Å². The Labute approximate surface area is 150 Å². The van der Waals surface area contributed by atoms with Crippen molar-refractivity contribution >= 4 is 23.2 Å². The van der Waals surface area contributed by atoms with Gasteiger partial charge in [0.15, 0.2) is 5.69 Å². The predicted molar refractivity (Wildman–Crippen MR) is 96.2 cm³/mol. The SMILES string of the molecule is Cc1ccc(NC(=O)c2noc(C)c2COc2cccc(Cl)c2)cc1. The lowest BCUT2D eigenvalue weighted by Crippen LogP contribution is -2.15. The molecular weight excluding hydrogens is 340 g/mol. The number of amides is 1. The smallest absolute Gasteiger partial charge is 0.278 e. The number of halogens is 1. The van der Waals surface area contributed by atoms with Gasteiger partial charge in [-0.05, 0) is 44.2 Å². The molecule has 1 heterocycles. The van der Waals surface area contributed by atoms with E-state index in [0.29, 0.717) is 27.8 Å². The van der Waals surface area contributed by atoms with E-state index in [1.807, 2.05) is 31.2 Å². The Morgan fingerprint density at radius 3 is 2.68 bits per heavy atom. The molecule has 0 aliphatic carbocycles. The number of carbonyl (C=O) groups excluding carboxylic acids is 1. The van der Waals surface area contributed by atoms with Gasteiger partial charge < -0.3 is 14.6 Å². The standard InChI is InChI=1S/C19H17ClN2O3/c1-12-6-8-15(9-7-12)21-19(23)18-17(13(2)25-22-18)11-24-16-5-3-4-14(20)10-16/h3-10H,11H2,1-2H3,(H,21,23). The second-order valence-corrected chi connectivity index (χ2v) is 6.07. The van der Waals surface area contributed by atoms with Gasteiger partial charge in [0.1, 0.15) is 18.1 Å². The first-order chi connectivity index (χ1) is 12.0. The van der Waals surface area contributed by atoms with Crippen LogP contribution in [0.15, 0.2) is 53.1 Å². The summed E-state index contributed by atoms with van der Waals surface area (Å²) in [6.07, 6.45) is 0. The fourth-order valence-corrected chi connectivity index (χ4v) is 2.46. The van der Waals surface area contributed by atoms with Gasteiger partial charge in [-0.15, -0.1) is 0 Å². The molecule has 0 saturated heterocycles. The average Bonchev–Trinajstić information content (AvgIpc) is 2.96. The number of aryl methyl sites for hydroxylation is 2. The first kappa shape index (κ1) is 17.0. The number of ether oxygens (including phenoxy) is 1. The molecule has 0 radical (unpaired) electrons. The molecule has 25 heavy (non-hydrogen) atoms. The Bertz CT molecular complexity index is 888. The molecule has 6 heteroatoms. The second kappa shape index (κ2) is 7.40. The molecule has 0 aliphatic heterocycles. The monoisotopic (exact) mass is 356 g/mol. The van der Waals surface area contributed by atoms with Crippen molar-refractivity contribution in [1.29, 1.82) is 0 Å². The quantitative estimate of drug-likeness (QED) is 0.714. The highest BCUT2D eigenvalue weighted by Gasteiger charge is 2.20. The number of nitrogens with zero attached hydrogens (tertiary/aromatic N) is 1. The minimum Gasteiger partial charge on any atom is -0.489 e. The van der Waals surface area contributed by atoms with Crippen LogP contribution in [0.5, 0.6) is 5.75 Å². The van der Waals surface area contributed by atoms with Gasteiger partial charge in [-0.3, -0.25) is 4.79 Å². The molecule has 0 aliphatic rings. The van der Waals surface area contributed by atoms with Crippen LogP contribution in [-0.2, 0) is 6.61 Å². The highest BCUT2D eigenvalue weighted by molar-refractivity contribution is 6.30. The molecule has 1 aromatic heterocycles. The third-order valence-electron chi connectivity index (χ3n) is 3.69. The minimum absolute atomic E-state index is 0.159. The summed E-state index contributed by atoms with van der Waals surface area (Å²) in [6.45, 7) is 3.89. The predicted octanol–water partition coefficient (Wildman–Crippen LogP) is 4.78. The molecule has 5 nitrogen and oxygen atoms in total. The molecule has 0 atom stereocenters. The number of hydrogen-bond acceptors (Lipinski definition) is 4. The molecule has 0 saturated carbocycles. The molecule has 1 amide bonds. The summed E-state index contributed by atoms with van der Waals surface area (Å²) in [5.41, 5.74) is 2.62. The maximum Gasteiger partial charge on any atom is 0.278 e. The highest BCUT2D eigenvalue weighted by Crippen LogP contribution is 2.21. The summed E-state index contributed by atoms with van der Waals surface area (Å²) >= 11 is 5.94. The van der Waals surface area contributed by atoms with Crippen LogP contribution in [0.4, 0.5) is 5.69 Å². The van der Waals surface area contributed by atoms with Gasteiger partial charge >= 0.3 is 0 Å². The number of rotatable bonds is 5. The number of carbonyl (C=O) groups is 1. The Balaban J connectivity index is 1.74. The normalized spacial score (nSPS) is 10.5. The molecular formula is C19H17ClN2O3. The molecule has 0 bridgehead atoms. The number of aromatic nitrogens is 1. The zero-order chi connectivity index (χ0) is 17.8. The first-order valence-electron chi connectivity index (χ1n) is 7.74. The highest BCUT2D eigenvalue weighted by atomic mass is 35.5. The summed E-state index contributed by atoms with van der Waals surface area (Å²) in [4.78, 5) is 12.5. The second-order valence-electron chi connectivity index (χ2n) is 5.63. The van der Waals surface area contributed by atoms with Crippen LogP contribution in [0, 0.1) is 13.8 Å². The minimum atomic E-state index is -0.342. The number of hydrogen-bond donors (Lipinski definition) is 1. The van der Waals surface area contributed by atoms with E-state index in [1.54, 1.807) is 31.2 Å². The molecule has 2 aromatic carbocycles. The van der Waals surface area contributed by atoms with E-state index in [-0.39, 0.29) is 18.2 Å². The van der Waals surface area contributed by atoms with E-state index < -0.39 is 0 Å². The third kappa shape index (κ3) is 4.19. The number of anilines is 1. The lowest BCUT2D eigenvalue weighted by Gasteiger charge is -2.08. The summed E-state index contributed by atoms with van der Waals surface area (Å²) < 4.78 is 10.9. The van der Waals surface area contributed by atoms with E-state index in [9.17, 15) is 4.79 Å². The van der Waals surface area contributed by atoms with Gasteiger partial charge in [0.05, 0.1) is 5.56 Å². The van der Waals surface area contributed by atoms with Crippen molar-refractivity contribution in [1.82, 2.24) is 5.16 Å². The molecule has 1 N–H and O–H groups in total. The average molecular weight is 357 g/mol. The molecule has 0 unspecified atom stereocenters. The zero-order valence-corrected chi connectivity index (χ0v) is 14.6. The van der Waals surface area contributed by atoms with Crippen molar-refractivity contribution in [2.75, 3.05) is 5.32 Å². The Morgan fingerprint density at radius 2 is 1.96 bits per heavy atom. The van der Waals surface area contributed by atoms with Crippen LogP contribution in [-0.4, -0.2) is 11.1 Å². The summed E-state index contributed by atoms with van der Waals surface area (Å²) in [7, 11) is 0. The number of benzene rings is 2. The van der Waals surface area contributed by atoms with Crippen LogP contribution in [0.3, 0.4) is 0 Å². The van der Waals surface area contributed by atoms with E-state index in [4.69, 9.17) is 20.9 Å². The van der Waals surface area contributed by atoms with Crippen molar-refractivity contribution in [2.45, 2.75) is 20.5 Å². The van der Waals surface area contributed by atoms with Crippen LogP contribution in [0.1, 0.15) is 27.4 Å². The van der Waals surface area contributed by atoms with Gasteiger partial charge in [-0.2, -0.15) is 0 Å². The van der Waals surface area contributed by atoms with Crippen LogP contribution in [0.2, 0.25) is 5.02 Å². The van der Waals surface area contributed by atoms with Crippen molar-refractivity contribution < 1.29 is 14.1 Å². The van der Waals surface area contributed by atoms with Gasteiger partial charge in [0.25, 0.3) is 5.91 Å². The third-order valence-corrected chi connectivity index (χ3v) is 3.92. The molecule has 0 fully saturated rings. The Morgan fingerprint density at radius 1 is 1.20 bits per heavy atom. The maximum absolute atomic E-state index is 12.5. The first-order valence-corrected chi connectivity index (χ1v) is 8.12. The van der Waals surface area contributed by atoms with E-state index in [1.165, 1.54) is 0 Å².